The van der Waals surface area contributed by atoms with Gasteiger partial charge in [0.15, 0.2) is 0 Å². The molecule has 3 rings (SSSR count). The molecule has 0 aliphatic rings. The van der Waals surface area contributed by atoms with Crippen molar-refractivity contribution in [2.75, 3.05) is 0 Å². The normalized spacial score (nSPS) is 13.2. The third-order valence-corrected chi connectivity index (χ3v) is 3.73. The van der Waals surface area contributed by atoms with E-state index in [4.69, 9.17) is 2.74 Å². The van der Waals surface area contributed by atoms with Gasteiger partial charge in [-0.1, -0.05) is 40.2 Å². The van der Waals surface area contributed by atoms with E-state index in [1.165, 1.54) is 4.70 Å². The van der Waals surface area contributed by atoms with E-state index in [2.05, 4.69) is 22.0 Å². The molecule has 0 atom stereocenters. The van der Waals surface area contributed by atoms with Gasteiger partial charge in [0, 0.05) is 24.6 Å². The van der Waals surface area contributed by atoms with E-state index < -0.39 is 0 Å². The summed E-state index contributed by atoms with van der Waals surface area (Å²) in [6.45, 7) is 0. The molecule has 0 bridgehead atoms. The molecule has 0 saturated heterocycles. The van der Waals surface area contributed by atoms with Crippen LogP contribution < -0.4 is 0 Å². The average molecular weight is 265 g/mol. The van der Waals surface area contributed by atoms with Gasteiger partial charge in [-0.05, 0) is 18.2 Å². The van der Waals surface area contributed by atoms with Gasteiger partial charge >= 0.3 is 0 Å². The zero-order valence-corrected chi connectivity index (χ0v) is 9.58. The second-order valence-electron chi connectivity index (χ2n) is 3.07. The predicted octanol–water partition coefficient (Wildman–Crippen LogP) is 4.82. The largest absolute Gasteiger partial charge is 0.135 e. The number of benzene rings is 2. The molecule has 0 unspecified atom stereocenters. The third kappa shape index (κ3) is 1.18. The van der Waals surface area contributed by atoms with Gasteiger partial charge in [0.1, 0.15) is 0 Å². The lowest BCUT2D eigenvalue weighted by Gasteiger charge is -1.91. The third-order valence-electron chi connectivity index (χ3n) is 2.20. The summed E-state index contributed by atoms with van der Waals surface area (Å²) < 4.78 is 18.5. The van der Waals surface area contributed by atoms with E-state index in [1.807, 2.05) is 24.3 Å². The summed E-state index contributed by atoms with van der Waals surface area (Å²) in [6, 6.07) is 10.7. The Bertz CT molecular complexity index is 703. The number of thiophene rings is 1. The number of rotatable bonds is 0. The highest BCUT2D eigenvalue weighted by Crippen LogP contribution is 2.34. The first kappa shape index (κ1) is 6.59. The van der Waals surface area contributed by atoms with Gasteiger partial charge in [0.25, 0.3) is 0 Å². The van der Waals surface area contributed by atoms with Crippen molar-refractivity contribution in [3.05, 3.63) is 46.9 Å². The van der Waals surface area contributed by atoms with E-state index in [0.29, 0.717) is 16.6 Å². The molecular weight excluding hydrogens is 256 g/mol. The molecule has 0 N–H and O–H groups in total. The van der Waals surface area contributed by atoms with Crippen molar-refractivity contribution >= 4 is 47.4 Å². The van der Waals surface area contributed by atoms with Crippen molar-refractivity contribution < 1.29 is 2.74 Å². The molecule has 3 aromatic rings. The van der Waals surface area contributed by atoms with E-state index in [-0.39, 0.29) is 0 Å². The predicted molar refractivity (Wildman–Crippen MR) is 67.0 cm³/mol. The second kappa shape index (κ2) is 3.07. The van der Waals surface area contributed by atoms with Crippen LogP contribution in [0.15, 0.2) is 46.9 Å². The van der Waals surface area contributed by atoms with Crippen molar-refractivity contribution in [1.29, 1.82) is 0 Å². The highest BCUT2D eigenvalue weighted by Gasteiger charge is 2.03. The second-order valence-corrected chi connectivity index (χ2v) is 4.91. The fourth-order valence-corrected chi connectivity index (χ4v) is 3.10. The van der Waals surface area contributed by atoms with Gasteiger partial charge in [-0.2, -0.15) is 0 Å². The SMILES string of the molecule is [2H]c1cc2c(sc3ccccc32)c([2H])c1Br. The molecule has 0 fully saturated rings. The maximum Gasteiger partial charge on any atom is 0.0650 e. The summed E-state index contributed by atoms with van der Waals surface area (Å²) in [5.74, 6) is 0. The van der Waals surface area contributed by atoms with Crippen LogP contribution >= 0.6 is 27.3 Å². The van der Waals surface area contributed by atoms with Crippen LogP contribution in [-0.4, -0.2) is 0 Å². The standard InChI is InChI=1S/C12H7BrS/c13-8-5-6-10-9-3-1-2-4-11(9)14-12(10)7-8/h1-7H/i5D,7D. The first-order valence-electron chi connectivity index (χ1n) is 5.25. The van der Waals surface area contributed by atoms with Gasteiger partial charge in [0.2, 0.25) is 0 Å². The number of hydrogen-bond acceptors (Lipinski definition) is 1. The molecule has 68 valence electrons. The Balaban J connectivity index is 2.60. The lowest BCUT2D eigenvalue weighted by molar-refractivity contribution is 1.77. The summed E-state index contributed by atoms with van der Waals surface area (Å²) >= 11 is 4.90. The van der Waals surface area contributed by atoms with E-state index in [0.717, 1.165) is 15.5 Å². The van der Waals surface area contributed by atoms with Crippen LogP contribution in [-0.2, 0) is 0 Å². The molecule has 1 heterocycles. The van der Waals surface area contributed by atoms with E-state index in [1.54, 1.807) is 11.3 Å². The molecule has 2 aromatic carbocycles. The molecule has 0 spiro atoms. The Hall–Kier alpha value is -0.860. The number of halogens is 1. The molecule has 0 aliphatic carbocycles. The van der Waals surface area contributed by atoms with Gasteiger partial charge in [0.05, 0.1) is 2.74 Å². The van der Waals surface area contributed by atoms with Crippen molar-refractivity contribution in [3.8, 4) is 0 Å². The molecule has 0 amide bonds. The minimum absolute atomic E-state index is 0.376. The summed E-state index contributed by atoms with van der Waals surface area (Å²) in [4.78, 5) is 0. The fraction of sp³-hybridized carbons (Fsp3) is 0. The summed E-state index contributed by atoms with van der Waals surface area (Å²) in [6.07, 6.45) is 0. The minimum Gasteiger partial charge on any atom is -0.135 e. The van der Waals surface area contributed by atoms with Crippen LogP contribution in [0.3, 0.4) is 0 Å². The molecule has 14 heavy (non-hydrogen) atoms. The Labute approximate surface area is 97.1 Å². The summed E-state index contributed by atoms with van der Waals surface area (Å²) in [7, 11) is 0. The highest BCUT2D eigenvalue weighted by molar-refractivity contribution is 9.10. The first-order chi connectivity index (χ1) is 7.68. The maximum absolute atomic E-state index is 8.01. The average Bonchev–Trinajstić information content (AvgIpc) is 2.65. The zero-order valence-electron chi connectivity index (χ0n) is 9.17. The van der Waals surface area contributed by atoms with Gasteiger partial charge in [-0.15, -0.1) is 11.3 Å². The van der Waals surface area contributed by atoms with E-state index in [9.17, 15) is 0 Å². The molecule has 0 aliphatic heterocycles. The molecule has 0 saturated carbocycles. The van der Waals surface area contributed by atoms with Crippen LogP contribution in [0.2, 0.25) is 0 Å². The van der Waals surface area contributed by atoms with Crippen LogP contribution in [0.4, 0.5) is 0 Å². The van der Waals surface area contributed by atoms with Crippen LogP contribution in [0.1, 0.15) is 2.74 Å². The molecule has 0 radical (unpaired) electrons. The lowest BCUT2D eigenvalue weighted by atomic mass is 10.2. The Morgan fingerprint density at radius 3 is 2.79 bits per heavy atom. The highest BCUT2D eigenvalue weighted by atomic mass is 79.9. The molecular formula is C12H7BrS. The number of hydrogen-bond donors (Lipinski definition) is 0. The maximum atomic E-state index is 8.01. The van der Waals surface area contributed by atoms with Gasteiger partial charge in [-0.25, -0.2) is 0 Å². The smallest absolute Gasteiger partial charge is 0.0650 e. The van der Waals surface area contributed by atoms with Crippen LogP contribution in [0.5, 0.6) is 0 Å². The van der Waals surface area contributed by atoms with Crippen LogP contribution in [0.25, 0.3) is 20.2 Å². The Morgan fingerprint density at radius 2 is 1.86 bits per heavy atom. The Kier molecular flexibility index (Phi) is 1.45. The quantitative estimate of drug-likeness (QED) is 0.546. The molecule has 1 aromatic heterocycles. The van der Waals surface area contributed by atoms with Crippen molar-refractivity contribution in [2.45, 2.75) is 0 Å². The summed E-state index contributed by atoms with van der Waals surface area (Å²) in [5.41, 5.74) is 0. The monoisotopic (exact) mass is 264 g/mol. The topological polar surface area (TPSA) is 0 Å². The molecule has 2 heteroatoms. The zero-order chi connectivity index (χ0) is 11.3. The van der Waals surface area contributed by atoms with Crippen molar-refractivity contribution in [1.82, 2.24) is 0 Å². The van der Waals surface area contributed by atoms with Crippen molar-refractivity contribution in [2.24, 2.45) is 0 Å². The Morgan fingerprint density at radius 1 is 1.07 bits per heavy atom. The van der Waals surface area contributed by atoms with Crippen LogP contribution in [0, 0.1) is 0 Å². The summed E-state index contributed by atoms with van der Waals surface area (Å²) in [5, 5.41) is 2.15. The number of fused-ring (bicyclic) bond motifs is 3. The first-order valence-corrected chi connectivity index (χ1v) is 5.86. The minimum atomic E-state index is 0.376. The molecule has 0 nitrogen and oxygen atoms in total. The van der Waals surface area contributed by atoms with Gasteiger partial charge in [-0.3, -0.25) is 0 Å². The fourth-order valence-electron chi connectivity index (χ4n) is 1.57. The van der Waals surface area contributed by atoms with E-state index >= 15 is 0 Å². The lowest BCUT2D eigenvalue weighted by Crippen LogP contribution is -1.65. The van der Waals surface area contributed by atoms with Crippen molar-refractivity contribution in [3.63, 3.8) is 0 Å². The van der Waals surface area contributed by atoms with Gasteiger partial charge < -0.3 is 0 Å².